The largest absolute Gasteiger partial charge is 0.493 e. The van der Waals surface area contributed by atoms with E-state index in [0.29, 0.717) is 29.1 Å². The van der Waals surface area contributed by atoms with Gasteiger partial charge in [0, 0.05) is 19.7 Å². The minimum absolute atomic E-state index is 0.109. The lowest BCUT2D eigenvalue weighted by Gasteiger charge is -2.21. The summed E-state index contributed by atoms with van der Waals surface area (Å²) >= 11 is 0. The Bertz CT molecular complexity index is 764. The van der Waals surface area contributed by atoms with Crippen molar-refractivity contribution in [1.29, 1.82) is 0 Å². The van der Waals surface area contributed by atoms with E-state index in [1.807, 2.05) is 0 Å². The van der Waals surface area contributed by atoms with Crippen molar-refractivity contribution < 1.29 is 18.8 Å². The van der Waals surface area contributed by atoms with E-state index in [9.17, 15) is 14.5 Å². The number of nitrogens with zero attached hydrogens (tertiary/aromatic N) is 2. The van der Waals surface area contributed by atoms with E-state index < -0.39 is 4.92 Å². The molecule has 0 aromatic heterocycles. The standard InChI is InChI=1S/C17H19FN2O4/c1-11-5-6-12(7-13(11)18)10-19(2)14-8-16(23-3)17(24-4)9-15(14)20(21)22/h5-9H,10H2,1-4H3. The number of ether oxygens (including phenoxy) is 2. The summed E-state index contributed by atoms with van der Waals surface area (Å²) in [5, 5.41) is 11.4. The lowest BCUT2D eigenvalue weighted by molar-refractivity contribution is -0.384. The number of rotatable bonds is 6. The number of hydrogen-bond acceptors (Lipinski definition) is 5. The predicted molar refractivity (Wildman–Crippen MR) is 89.4 cm³/mol. The molecule has 0 heterocycles. The minimum atomic E-state index is -0.483. The van der Waals surface area contributed by atoms with Crippen LogP contribution >= 0.6 is 0 Å². The van der Waals surface area contributed by atoms with Gasteiger partial charge in [-0.05, 0) is 24.1 Å². The first-order valence-electron chi connectivity index (χ1n) is 7.24. The highest BCUT2D eigenvalue weighted by Gasteiger charge is 2.22. The summed E-state index contributed by atoms with van der Waals surface area (Å²) in [6, 6.07) is 7.77. The lowest BCUT2D eigenvalue weighted by Crippen LogP contribution is -2.18. The van der Waals surface area contributed by atoms with E-state index in [4.69, 9.17) is 9.47 Å². The molecule has 0 N–H and O–H groups in total. The van der Waals surface area contributed by atoms with E-state index in [1.54, 1.807) is 37.1 Å². The molecule has 128 valence electrons. The Morgan fingerprint density at radius 3 is 2.33 bits per heavy atom. The Kier molecular flexibility index (Phi) is 5.23. The molecule has 0 bridgehead atoms. The molecule has 0 atom stereocenters. The Hall–Kier alpha value is -2.83. The molecule has 0 aliphatic heterocycles. The van der Waals surface area contributed by atoms with Crippen molar-refractivity contribution in [3.05, 3.63) is 57.4 Å². The number of methoxy groups -OCH3 is 2. The summed E-state index contributed by atoms with van der Waals surface area (Å²) in [7, 11) is 4.58. The third kappa shape index (κ3) is 3.56. The summed E-state index contributed by atoms with van der Waals surface area (Å²) < 4.78 is 24.0. The van der Waals surface area contributed by atoms with Crippen LogP contribution in [0, 0.1) is 22.9 Å². The van der Waals surface area contributed by atoms with E-state index in [1.165, 1.54) is 26.4 Å². The Morgan fingerprint density at radius 1 is 1.17 bits per heavy atom. The van der Waals surface area contributed by atoms with Gasteiger partial charge >= 0.3 is 0 Å². The Balaban J connectivity index is 2.41. The SMILES string of the molecule is COc1cc(N(C)Cc2ccc(C)c(F)c2)c([N+](=O)[O-])cc1OC. The fourth-order valence-electron chi connectivity index (χ4n) is 2.40. The summed E-state index contributed by atoms with van der Waals surface area (Å²) in [6.45, 7) is 2.00. The molecule has 0 radical (unpaired) electrons. The number of aryl methyl sites for hydroxylation is 1. The monoisotopic (exact) mass is 334 g/mol. The molecule has 6 nitrogen and oxygen atoms in total. The molecule has 0 fully saturated rings. The van der Waals surface area contributed by atoms with Crippen molar-refractivity contribution in [2.24, 2.45) is 0 Å². The minimum Gasteiger partial charge on any atom is -0.493 e. The molecule has 0 aliphatic rings. The molecular weight excluding hydrogens is 315 g/mol. The first-order valence-corrected chi connectivity index (χ1v) is 7.24. The first kappa shape index (κ1) is 17.5. The molecule has 2 rings (SSSR count). The van der Waals surface area contributed by atoms with Crippen LogP contribution in [0.4, 0.5) is 15.8 Å². The smallest absolute Gasteiger partial charge is 0.296 e. The van der Waals surface area contributed by atoms with E-state index in [0.717, 1.165) is 0 Å². The zero-order chi connectivity index (χ0) is 17.9. The number of halogens is 1. The Labute approximate surface area is 139 Å². The van der Waals surface area contributed by atoms with E-state index in [2.05, 4.69) is 0 Å². The van der Waals surface area contributed by atoms with E-state index in [-0.39, 0.29) is 17.3 Å². The zero-order valence-electron chi connectivity index (χ0n) is 14.0. The van der Waals surface area contributed by atoms with Crippen molar-refractivity contribution in [1.82, 2.24) is 0 Å². The van der Waals surface area contributed by atoms with Crippen LogP contribution in [-0.2, 0) is 6.54 Å². The average molecular weight is 334 g/mol. The van der Waals surface area contributed by atoms with Gasteiger partial charge in [0.15, 0.2) is 11.5 Å². The van der Waals surface area contributed by atoms with Crippen LogP contribution in [0.3, 0.4) is 0 Å². The van der Waals surface area contributed by atoms with Gasteiger partial charge in [0.05, 0.1) is 25.2 Å². The van der Waals surface area contributed by atoms with Gasteiger partial charge in [-0.15, -0.1) is 0 Å². The molecular formula is C17H19FN2O4. The van der Waals surface area contributed by atoms with Crippen LogP contribution in [0.25, 0.3) is 0 Å². The second-order valence-electron chi connectivity index (χ2n) is 5.39. The second-order valence-corrected chi connectivity index (χ2v) is 5.39. The third-order valence-electron chi connectivity index (χ3n) is 3.74. The van der Waals surface area contributed by atoms with Crippen LogP contribution < -0.4 is 14.4 Å². The predicted octanol–water partition coefficient (Wildman–Crippen LogP) is 3.70. The normalized spacial score (nSPS) is 10.4. The fourth-order valence-corrected chi connectivity index (χ4v) is 2.40. The van der Waals surface area contributed by atoms with Gasteiger partial charge in [0.1, 0.15) is 11.5 Å². The lowest BCUT2D eigenvalue weighted by atomic mass is 10.1. The highest BCUT2D eigenvalue weighted by molar-refractivity contribution is 5.69. The maximum absolute atomic E-state index is 13.7. The maximum atomic E-state index is 13.7. The van der Waals surface area contributed by atoms with Crippen LogP contribution in [0.2, 0.25) is 0 Å². The molecule has 2 aromatic carbocycles. The molecule has 0 saturated carbocycles. The maximum Gasteiger partial charge on any atom is 0.296 e. The van der Waals surface area contributed by atoms with Crippen molar-refractivity contribution in [3.63, 3.8) is 0 Å². The van der Waals surface area contributed by atoms with Gasteiger partial charge in [-0.2, -0.15) is 0 Å². The highest BCUT2D eigenvalue weighted by Crippen LogP contribution is 2.39. The highest BCUT2D eigenvalue weighted by atomic mass is 19.1. The summed E-state index contributed by atoms with van der Waals surface area (Å²) in [5.74, 6) is 0.366. The average Bonchev–Trinajstić information content (AvgIpc) is 2.56. The zero-order valence-corrected chi connectivity index (χ0v) is 14.0. The van der Waals surface area contributed by atoms with Crippen molar-refractivity contribution in [2.45, 2.75) is 13.5 Å². The van der Waals surface area contributed by atoms with Gasteiger partial charge in [-0.25, -0.2) is 4.39 Å². The molecule has 24 heavy (non-hydrogen) atoms. The van der Waals surface area contributed by atoms with Crippen molar-refractivity contribution in [2.75, 3.05) is 26.2 Å². The van der Waals surface area contributed by atoms with Crippen molar-refractivity contribution in [3.8, 4) is 11.5 Å². The number of benzene rings is 2. The molecule has 0 spiro atoms. The van der Waals surface area contributed by atoms with E-state index >= 15 is 0 Å². The number of nitro groups is 1. The first-order chi connectivity index (χ1) is 11.4. The molecule has 7 heteroatoms. The van der Waals surface area contributed by atoms with Gasteiger partial charge < -0.3 is 14.4 Å². The van der Waals surface area contributed by atoms with Gasteiger partial charge in [0.2, 0.25) is 0 Å². The van der Waals surface area contributed by atoms with Crippen molar-refractivity contribution >= 4 is 11.4 Å². The molecule has 0 saturated heterocycles. The fraction of sp³-hybridized carbons (Fsp3) is 0.294. The molecule has 0 aliphatic carbocycles. The topological polar surface area (TPSA) is 64.8 Å². The van der Waals surface area contributed by atoms with Gasteiger partial charge in [-0.1, -0.05) is 12.1 Å². The summed E-state index contributed by atoms with van der Waals surface area (Å²) in [5.41, 5.74) is 1.52. The number of hydrogen-bond donors (Lipinski definition) is 0. The quantitative estimate of drug-likeness (QED) is 0.595. The third-order valence-corrected chi connectivity index (χ3v) is 3.74. The Morgan fingerprint density at radius 2 is 1.79 bits per heavy atom. The van der Waals surface area contributed by atoms with Crippen LogP contribution in [0.5, 0.6) is 11.5 Å². The molecule has 0 amide bonds. The number of anilines is 1. The summed E-state index contributed by atoms with van der Waals surface area (Å²) in [4.78, 5) is 12.6. The van der Waals surface area contributed by atoms with Crippen LogP contribution in [0.1, 0.15) is 11.1 Å². The second kappa shape index (κ2) is 7.16. The molecule has 2 aromatic rings. The molecule has 0 unspecified atom stereocenters. The number of nitro benzene ring substituents is 1. The van der Waals surface area contributed by atoms with Gasteiger partial charge in [0.25, 0.3) is 5.69 Å². The van der Waals surface area contributed by atoms with Gasteiger partial charge in [-0.3, -0.25) is 10.1 Å². The van der Waals surface area contributed by atoms with Crippen LogP contribution in [0.15, 0.2) is 30.3 Å². The van der Waals surface area contributed by atoms with Crippen LogP contribution in [-0.4, -0.2) is 26.2 Å². The summed E-state index contributed by atoms with van der Waals surface area (Å²) in [6.07, 6.45) is 0.